The Labute approximate surface area is 75.0 Å². The molecule has 1 aromatic carbocycles. The minimum Gasteiger partial charge on any atom is -0.397 e. The second kappa shape index (κ2) is 2.60. The van der Waals surface area contributed by atoms with Crippen molar-refractivity contribution in [1.29, 1.82) is 0 Å². The molecule has 0 atom stereocenters. The van der Waals surface area contributed by atoms with Gasteiger partial charge < -0.3 is 10.7 Å². The monoisotopic (exact) mass is 176 g/mol. The molecule has 0 radical (unpaired) electrons. The van der Waals surface area contributed by atoms with Crippen LogP contribution in [0.5, 0.6) is 0 Å². The highest BCUT2D eigenvalue weighted by Gasteiger charge is 1.94. The topological polar surface area (TPSA) is 41.8 Å². The molecule has 1 heterocycles. The van der Waals surface area contributed by atoms with Crippen LogP contribution in [0.3, 0.4) is 0 Å². The maximum absolute atomic E-state index is 5.75. The van der Waals surface area contributed by atoms with Gasteiger partial charge in [-0.15, -0.1) is 0 Å². The maximum atomic E-state index is 5.75. The van der Waals surface area contributed by atoms with E-state index in [1.54, 1.807) is 0 Å². The van der Waals surface area contributed by atoms with Crippen molar-refractivity contribution >= 4 is 28.8 Å². The van der Waals surface area contributed by atoms with E-state index in [4.69, 9.17) is 18.0 Å². The molecule has 60 valence electrons. The van der Waals surface area contributed by atoms with Crippen molar-refractivity contribution in [3.05, 3.63) is 35.0 Å². The van der Waals surface area contributed by atoms with E-state index in [2.05, 4.69) is 4.98 Å². The average molecular weight is 176 g/mol. The molecule has 0 fully saturated rings. The van der Waals surface area contributed by atoms with Gasteiger partial charge in [0.25, 0.3) is 0 Å². The predicted octanol–water partition coefficient (Wildman–Crippen LogP) is 2.48. The molecule has 3 heteroatoms. The number of pyridine rings is 1. The normalized spacial score (nSPS) is 10.3. The van der Waals surface area contributed by atoms with Crippen molar-refractivity contribution in [2.75, 3.05) is 5.73 Å². The van der Waals surface area contributed by atoms with Crippen molar-refractivity contribution in [3.8, 4) is 0 Å². The lowest BCUT2D eigenvalue weighted by Crippen LogP contribution is -1.88. The quantitative estimate of drug-likeness (QED) is 0.478. The van der Waals surface area contributed by atoms with Gasteiger partial charge in [-0.25, -0.2) is 0 Å². The van der Waals surface area contributed by atoms with Gasteiger partial charge in [-0.2, -0.15) is 0 Å². The molecule has 0 unspecified atom stereocenters. The molecular weight excluding hydrogens is 168 g/mol. The molecule has 0 bridgehead atoms. The summed E-state index contributed by atoms with van der Waals surface area (Å²) in [5.41, 5.74) is 7.40. The van der Waals surface area contributed by atoms with Gasteiger partial charge in [0.1, 0.15) is 4.64 Å². The number of nitrogen functional groups attached to an aromatic ring is 1. The highest BCUT2D eigenvalue weighted by Crippen LogP contribution is 2.17. The standard InChI is InChI=1S/C9H8N2S/c10-7-3-1-2-6-4-5-8(12)11-9(6)7/h1-5H,10H2,(H,11,12). The summed E-state index contributed by atoms with van der Waals surface area (Å²) in [5, 5.41) is 1.09. The van der Waals surface area contributed by atoms with Crippen LogP contribution in [0.25, 0.3) is 10.9 Å². The minimum atomic E-state index is 0.709. The molecule has 0 aliphatic heterocycles. The molecule has 12 heavy (non-hydrogen) atoms. The number of hydrogen-bond donors (Lipinski definition) is 2. The van der Waals surface area contributed by atoms with E-state index in [0.29, 0.717) is 4.64 Å². The van der Waals surface area contributed by atoms with Crippen LogP contribution >= 0.6 is 12.2 Å². The van der Waals surface area contributed by atoms with Crippen molar-refractivity contribution in [2.24, 2.45) is 0 Å². The second-order valence-corrected chi connectivity index (χ2v) is 3.07. The van der Waals surface area contributed by atoms with Crippen LogP contribution in [0.15, 0.2) is 30.3 Å². The number of fused-ring (bicyclic) bond motifs is 1. The van der Waals surface area contributed by atoms with Crippen molar-refractivity contribution in [1.82, 2.24) is 4.98 Å². The molecule has 0 saturated heterocycles. The summed E-state index contributed by atoms with van der Waals surface area (Å²) in [5.74, 6) is 0. The number of nitrogens with two attached hydrogens (primary N) is 1. The van der Waals surface area contributed by atoms with Crippen LogP contribution in [0.4, 0.5) is 5.69 Å². The van der Waals surface area contributed by atoms with Crippen LogP contribution in [-0.2, 0) is 0 Å². The van der Waals surface area contributed by atoms with Gasteiger partial charge in [-0.1, -0.05) is 24.4 Å². The van der Waals surface area contributed by atoms with Crippen molar-refractivity contribution in [2.45, 2.75) is 0 Å². The lowest BCUT2D eigenvalue weighted by molar-refractivity contribution is 1.38. The Morgan fingerprint density at radius 1 is 1.17 bits per heavy atom. The third kappa shape index (κ3) is 1.08. The molecule has 1 aromatic heterocycles. The van der Waals surface area contributed by atoms with Crippen molar-refractivity contribution < 1.29 is 0 Å². The predicted molar refractivity (Wildman–Crippen MR) is 53.5 cm³/mol. The highest BCUT2D eigenvalue weighted by molar-refractivity contribution is 7.71. The van der Waals surface area contributed by atoms with E-state index in [1.807, 2.05) is 30.3 Å². The van der Waals surface area contributed by atoms with Crippen LogP contribution in [0.1, 0.15) is 0 Å². The molecule has 0 saturated carbocycles. The van der Waals surface area contributed by atoms with Crippen LogP contribution in [0.2, 0.25) is 0 Å². The first-order chi connectivity index (χ1) is 5.77. The summed E-state index contributed by atoms with van der Waals surface area (Å²) in [6.07, 6.45) is 0. The first-order valence-corrected chi connectivity index (χ1v) is 4.06. The molecular formula is C9H8N2S. The zero-order valence-electron chi connectivity index (χ0n) is 6.37. The Hall–Kier alpha value is -1.35. The molecule has 2 nitrogen and oxygen atoms in total. The van der Waals surface area contributed by atoms with Gasteiger partial charge in [0.05, 0.1) is 11.2 Å². The van der Waals surface area contributed by atoms with E-state index in [-0.39, 0.29) is 0 Å². The second-order valence-electron chi connectivity index (χ2n) is 2.63. The summed E-state index contributed by atoms with van der Waals surface area (Å²) in [7, 11) is 0. The van der Waals surface area contributed by atoms with Crippen LogP contribution < -0.4 is 5.73 Å². The number of anilines is 1. The lowest BCUT2D eigenvalue weighted by atomic mass is 10.2. The van der Waals surface area contributed by atoms with Gasteiger partial charge in [0, 0.05) is 5.39 Å². The van der Waals surface area contributed by atoms with E-state index < -0.39 is 0 Å². The minimum absolute atomic E-state index is 0.709. The Morgan fingerprint density at radius 3 is 2.83 bits per heavy atom. The molecule has 2 rings (SSSR count). The number of hydrogen-bond acceptors (Lipinski definition) is 2. The molecule has 0 aliphatic rings. The molecule has 0 spiro atoms. The van der Waals surface area contributed by atoms with Gasteiger partial charge in [-0.3, -0.25) is 0 Å². The number of H-pyrrole nitrogens is 1. The van der Waals surface area contributed by atoms with Gasteiger partial charge in [-0.05, 0) is 18.2 Å². The SMILES string of the molecule is Nc1cccc2ccc(=S)[nH]c12. The zero-order chi connectivity index (χ0) is 8.55. The first-order valence-electron chi connectivity index (χ1n) is 3.65. The number of para-hydroxylation sites is 1. The summed E-state index contributed by atoms with van der Waals surface area (Å²) in [4.78, 5) is 3.05. The fourth-order valence-electron chi connectivity index (χ4n) is 1.20. The van der Waals surface area contributed by atoms with Crippen LogP contribution in [0, 0.1) is 4.64 Å². The van der Waals surface area contributed by atoms with E-state index in [9.17, 15) is 0 Å². The van der Waals surface area contributed by atoms with Gasteiger partial charge in [0.2, 0.25) is 0 Å². The number of benzene rings is 1. The maximum Gasteiger partial charge on any atom is 0.103 e. The number of aromatic amines is 1. The summed E-state index contributed by atoms with van der Waals surface area (Å²) < 4.78 is 0.709. The van der Waals surface area contributed by atoms with Gasteiger partial charge in [0.15, 0.2) is 0 Å². The van der Waals surface area contributed by atoms with Crippen molar-refractivity contribution in [3.63, 3.8) is 0 Å². The van der Waals surface area contributed by atoms with Crippen LogP contribution in [-0.4, -0.2) is 4.98 Å². The Kier molecular flexibility index (Phi) is 1.59. The highest BCUT2D eigenvalue weighted by atomic mass is 32.1. The Bertz CT molecular complexity index is 473. The average Bonchev–Trinajstić information content (AvgIpc) is 2.07. The number of nitrogens with one attached hydrogen (secondary N) is 1. The number of aromatic nitrogens is 1. The lowest BCUT2D eigenvalue weighted by Gasteiger charge is -1.99. The van der Waals surface area contributed by atoms with E-state index >= 15 is 0 Å². The fourth-order valence-corrected chi connectivity index (χ4v) is 1.37. The third-order valence-corrected chi connectivity index (χ3v) is 2.03. The summed E-state index contributed by atoms with van der Waals surface area (Å²) >= 11 is 4.99. The molecule has 0 amide bonds. The largest absolute Gasteiger partial charge is 0.397 e. The smallest absolute Gasteiger partial charge is 0.103 e. The summed E-state index contributed by atoms with van der Waals surface area (Å²) in [6, 6.07) is 9.60. The Balaban J connectivity index is 2.97. The molecule has 0 aliphatic carbocycles. The first kappa shape index (κ1) is 7.31. The van der Waals surface area contributed by atoms with Gasteiger partial charge >= 0.3 is 0 Å². The molecule has 3 N–H and O–H groups in total. The number of rotatable bonds is 0. The fraction of sp³-hybridized carbons (Fsp3) is 0. The van der Waals surface area contributed by atoms with E-state index in [0.717, 1.165) is 16.6 Å². The Morgan fingerprint density at radius 2 is 2.00 bits per heavy atom. The zero-order valence-corrected chi connectivity index (χ0v) is 7.19. The summed E-state index contributed by atoms with van der Waals surface area (Å²) in [6.45, 7) is 0. The van der Waals surface area contributed by atoms with E-state index in [1.165, 1.54) is 0 Å². The third-order valence-electron chi connectivity index (χ3n) is 1.79. The molecule has 2 aromatic rings.